The van der Waals surface area contributed by atoms with E-state index in [0.29, 0.717) is 11.1 Å². The number of hydrogen-bond acceptors (Lipinski definition) is 12. The Balaban J connectivity index is 2.32. The van der Waals surface area contributed by atoms with Crippen LogP contribution in [0.4, 0.5) is 0 Å². The Morgan fingerprint density at radius 3 is 1.72 bits per heavy atom. The van der Waals surface area contributed by atoms with E-state index in [0.717, 1.165) is 0 Å². The number of phenols is 1. The van der Waals surface area contributed by atoms with Crippen LogP contribution in [0.5, 0.6) is 5.75 Å². The van der Waals surface area contributed by atoms with Crippen LogP contribution >= 0.6 is 0 Å². The van der Waals surface area contributed by atoms with Crippen LogP contribution in [0.3, 0.4) is 0 Å². The van der Waals surface area contributed by atoms with Gasteiger partial charge in [-0.1, -0.05) is 56.3 Å². The maximum Gasteiger partial charge on any atom is 0.326 e. The minimum absolute atomic E-state index is 0.0404. The highest BCUT2D eigenvalue weighted by Crippen LogP contribution is 2.16. The number of benzene rings is 2. The number of amides is 6. The molecule has 20 nitrogen and oxygen atoms in total. The molecule has 2 rings (SSSR count). The SMILES string of the molecule is CC(C)C[C@H](NC(=O)[C@H](Cc1ccccc1)NC(=O)CNC(=O)[C@@H](COC(C)(C)C)NC(=O)[C@@H](N)Cc1ccc(O)cc1)C(=O)N[C@H](C(=O)N[C@@H](CC(=O)O)C(=O)O)[C@@H](C)OC(C)(C)C. The summed E-state index contributed by atoms with van der Waals surface area (Å²) in [5, 5.41) is 43.4. The molecule has 0 aliphatic carbocycles. The van der Waals surface area contributed by atoms with Crippen molar-refractivity contribution in [3.63, 3.8) is 0 Å². The van der Waals surface area contributed by atoms with Crippen LogP contribution in [0.1, 0.15) is 86.3 Å². The quantitative estimate of drug-likeness (QED) is 0.0655. The van der Waals surface area contributed by atoms with Gasteiger partial charge in [0, 0.05) is 6.42 Å². The van der Waals surface area contributed by atoms with E-state index in [-0.39, 0.29) is 37.5 Å². The number of ether oxygens (including phenoxy) is 2. The van der Waals surface area contributed by atoms with E-state index in [2.05, 4.69) is 31.9 Å². The van der Waals surface area contributed by atoms with Crippen molar-refractivity contribution in [2.45, 2.75) is 142 Å². The molecule has 2 aromatic rings. The Bertz CT molecular complexity index is 1930. The van der Waals surface area contributed by atoms with Crippen LogP contribution in [-0.4, -0.2) is 129 Å². The molecule has 0 spiro atoms. The maximum absolute atomic E-state index is 14.1. The molecule has 6 amide bonds. The summed E-state index contributed by atoms with van der Waals surface area (Å²) in [6, 6.07) is 6.39. The number of rotatable bonds is 25. The zero-order chi connectivity index (χ0) is 49.2. The first kappa shape index (κ1) is 55.0. The van der Waals surface area contributed by atoms with Gasteiger partial charge in [-0.2, -0.15) is 0 Å². The molecule has 0 radical (unpaired) electrons. The van der Waals surface area contributed by atoms with Crippen molar-refractivity contribution >= 4 is 47.4 Å². The Kier molecular flexibility index (Phi) is 21.5. The monoisotopic (exact) mass is 913 g/mol. The van der Waals surface area contributed by atoms with Gasteiger partial charge in [-0.15, -0.1) is 0 Å². The molecule has 0 aliphatic heterocycles. The van der Waals surface area contributed by atoms with Crippen molar-refractivity contribution in [3.05, 3.63) is 65.7 Å². The Hall–Kier alpha value is -6.12. The highest BCUT2D eigenvalue weighted by molar-refractivity contribution is 5.96. The van der Waals surface area contributed by atoms with E-state index in [1.807, 2.05) is 0 Å². The Labute approximate surface area is 379 Å². The number of carboxylic acid groups (broad SMARTS) is 2. The number of aromatic hydroxyl groups is 1. The molecule has 11 N–H and O–H groups in total. The first-order chi connectivity index (χ1) is 30.1. The number of phenolic OH excluding ortho intramolecular Hbond substituents is 1. The van der Waals surface area contributed by atoms with Crippen molar-refractivity contribution < 1.29 is 63.1 Å². The maximum atomic E-state index is 14.1. The summed E-state index contributed by atoms with van der Waals surface area (Å²) in [6.45, 7) is 14.4. The van der Waals surface area contributed by atoms with Crippen LogP contribution in [0.25, 0.3) is 0 Å². The molecule has 0 bridgehead atoms. The summed E-state index contributed by atoms with van der Waals surface area (Å²) in [5.74, 6) is -8.22. The smallest absolute Gasteiger partial charge is 0.326 e. The summed E-state index contributed by atoms with van der Waals surface area (Å²) in [5.41, 5.74) is 5.88. The summed E-state index contributed by atoms with van der Waals surface area (Å²) < 4.78 is 11.7. The molecule has 20 heteroatoms. The number of hydrogen-bond donors (Lipinski definition) is 10. The average Bonchev–Trinajstić information content (AvgIpc) is 3.19. The van der Waals surface area contributed by atoms with E-state index in [9.17, 15) is 53.7 Å². The van der Waals surface area contributed by atoms with Gasteiger partial charge < -0.3 is 62.4 Å². The molecule has 0 aromatic heterocycles. The van der Waals surface area contributed by atoms with Gasteiger partial charge >= 0.3 is 11.9 Å². The molecule has 0 saturated heterocycles. The number of nitrogens with two attached hydrogens (primary N) is 1. The van der Waals surface area contributed by atoms with Crippen LogP contribution in [0, 0.1) is 5.92 Å². The second-order valence-corrected chi connectivity index (χ2v) is 18.1. The molecular weight excluding hydrogens is 847 g/mol. The van der Waals surface area contributed by atoms with Gasteiger partial charge in [0.05, 0.1) is 42.9 Å². The van der Waals surface area contributed by atoms with Crippen LogP contribution in [-0.2, 0) is 60.7 Å². The lowest BCUT2D eigenvalue weighted by atomic mass is 10.00. The highest BCUT2D eigenvalue weighted by Gasteiger charge is 2.37. The van der Waals surface area contributed by atoms with Crippen molar-refractivity contribution in [2.75, 3.05) is 13.2 Å². The van der Waals surface area contributed by atoms with Gasteiger partial charge in [0.15, 0.2) is 0 Å². The molecule has 0 fully saturated rings. The normalized spacial score (nSPS) is 14.9. The fraction of sp³-hybridized carbons (Fsp3) is 0.556. The first-order valence-electron chi connectivity index (χ1n) is 21.3. The standard InChI is InChI=1S/C45H67N7O13/c1-25(2)19-31(41(60)52-37(26(3)65-45(7,8)9)42(61)50-33(43(62)63)22-36(55)56)49-40(59)32(21-27-13-11-10-12-14-27)48-35(54)23-47-39(58)34(24-64-44(4,5)6)51-38(57)30(46)20-28-15-17-29(53)18-16-28/h10-18,25-26,30-34,37,53H,19-24,46H2,1-9H3,(H,47,58)(H,48,54)(H,49,59)(H,50,61)(H,51,57)(H,52,60)(H,55,56)(H,62,63)/t26-,30+,31+,32+,33+,34-,37+/m1/s1. The van der Waals surface area contributed by atoms with Gasteiger partial charge in [0.2, 0.25) is 35.4 Å². The van der Waals surface area contributed by atoms with E-state index >= 15 is 0 Å². The number of carboxylic acids is 2. The minimum Gasteiger partial charge on any atom is -0.508 e. The molecule has 360 valence electrons. The summed E-state index contributed by atoms with van der Waals surface area (Å²) in [6.07, 6.45) is -1.94. The van der Waals surface area contributed by atoms with Crippen molar-refractivity contribution in [2.24, 2.45) is 11.7 Å². The third-order valence-electron chi connectivity index (χ3n) is 9.32. The van der Waals surface area contributed by atoms with Crippen LogP contribution < -0.4 is 37.6 Å². The van der Waals surface area contributed by atoms with E-state index < -0.39 is 114 Å². The molecule has 0 aliphatic rings. The third-order valence-corrected chi connectivity index (χ3v) is 9.32. The van der Waals surface area contributed by atoms with Crippen LogP contribution in [0.2, 0.25) is 0 Å². The van der Waals surface area contributed by atoms with Crippen molar-refractivity contribution in [3.8, 4) is 5.75 Å². The molecule has 0 heterocycles. The lowest BCUT2D eigenvalue weighted by Gasteiger charge is -2.32. The number of carbonyl (C=O) groups excluding carboxylic acids is 6. The molecule has 2 aromatic carbocycles. The fourth-order valence-electron chi connectivity index (χ4n) is 6.26. The molecular formula is C45H67N7O13. The zero-order valence-electron chi connectivity index (χ0n) is 38.6. The predicted octanol–water partition coefficient (Wildman–Crippen LogP) is 0.669. The number of aliphatic carboxylic acids is 2. The van der Waals surface area contributed by atoms with Crippen LogP contribution in [0.15, 0.2) is 54.6 Å². The van der Waals surface area contributed by atoms with E-state index in [1.54, 1.807) is 97.9 Å². The minimum atomic E-state index is -1.83. The first-order valence-corrected chi connectivity index (χ1v) is 21.3. The molecule has 0 unspecified atom stereocenters. The molecule has 0 saturated carbocycles. The van der Waals surface area contributed by atoms with Gasteiger partial charge in [-0.3, -0.25) is 33.6 Å². The Morgan fingerprint density at radius 1 is 0.631 bits per heavy atom. The highest BCUT2D eigenvalue weighted by atomic mass is 16.5. The average molecular weight is 914 g/mol. The lowest BCUT2D eigenvalue weighted by molar-refractivity contribution is -0.149. The molecule has 7 atom stereocenters. The van der Waals surface area contributed by atoms with Gasteiger partial charge in [-0.05, 0) is 90.5 Å². The third kappa shape index (κ3) is 21.4. The predicted molar refractivity (Wildman–Crippen MR) is 238 cm³/mol. The summed E-state index contributed by atoms with van der Waals surface area (Å²) in [7, 11) is 0. The molecule has 65 heavy (non-hydrogen) atoms. The van der Waals surface area contributed by atoms with Gasteiger partial charge in [0.25, 0.3) is 0 Å². The van der Waals surface area contributed by atoms with E-state index in [4.69, 9.17) is 15.2 Å². The second-order valence-electron chi connectivity index (χ2n) is 18.1. The topological polar surface area (TPSA) is 314 Å². The Morgan fingerprint density at radius 2 is 1.18 bits per heavy atom. The van der Waals surface area contributed by atoms with Gasteiger partial charge in [-0.25, -0.2) is 4.79 Å². The lowest BCUT2D eigenvalue weighted by Crippen LogP contribution is -2.61. The fourth-order valence-corrected chi connectivity index (χ4v) is 6.26. The van der Waals surface area contributed by atoms with Gasteiger partial charge in [0.1, 0.15) is 36.0 Å². The summed E-state index contributed by atoms with van der Waals surface area (Å²) in [4.78, 5) is 105. The van der Waals surface area contributed by atoms with Crippen molar-refractivity contribution in [1.29, 1.82) is 0 Å². The van der Waals surface area contributed by atoms with Crippen molar-refractivity contribution in [1.82, 2.24) is 31.9 Å². The summed E-state index contributed by atoms with van der Waals surface area (Å²) >= 11 is 0. The number of carbonyl (C=O) groups is 8. The zero-order valence-corrected chi connectivity index (χ0v) is 38.6. The van der Waals surface area contributed by atoms with E-state index in [1.165, 1.54) is 19.1 Å². The second kappa shape index (κ2) is 25.4. The largest absolute Gasteiger partial charge is 0.508 e. The number of nitrogens with one attached hydrogen (secondary N) is 6.